The van der Waals surface area contributed by atoms with Crippen LogP contribution >= 0.6 is 11.3 Å². The minimum atomic E-state index is -0.406. The van der Waals surface area contributed by atoms with Crippen molar-refractivity contribution in [2.75, 3.05) is 13.1 Å². The van der Waals surface area contributed by atoms with Crippen molar-refractivity contribution in [2.45, 2.75) is 73.3 Å². The maximum absolute atomic E-state index is 13.5. The van der Waals surface area contributed by atoms with Gasteiger partial charge in [-0.3, -0.25) is 14.2 Å². The van der Waals surface area contributed by atoms with Gasteiger partial charge in [-0.25, -0.2) is 4.98 Å². The molecule has 1 aliphatic heterocycles. The number of fused-ring (bicyclic) bond motifs is 1. The van der Waals surface area contributed by atoms with Gasteiger partial charge in [0.2, 0.25) is 5.91 Å². The number of aryl methyl sites for hydroxylation is 2. The second kappa shape index (κ2) is 7.04. The zero-order chi connectivity index (χ0) is 20.1. The molecule has 2 aromatic heterocycles. The second-order valence-corrected chi connectivity index (χ2v) is 10.3. The summed E-state index contributed by atoms with van der Waals surface area (Å²) in [5.41, 5.74) is 0.687. The van der Waals surface area contributed by atoms with E-state index in [-0.39, 0.29) is 23.4 Å². The molecule has 1 saturated heterocycles. The van der Waals surface area contributed by atoms with Gasteiger partial charge in [-0.2, -0.15) is 0 Å². The number of hydrogen-bond acceptors (Lipinski definition) is 4. The Labute approximate surface area is 165 Å². The molecule has 3 rings (SSSR count). The highest BCUT2D eigenvalue weighted by molar-refractivity contribution is 7.18. The molecule has 0 saturated carbocycles. The first kappa shape index (κ1) is 20.1. The number of hydrogen-bond donors (Lipinski definition) is 0. The van der Waals surface area contributed by atoms with Gasteiger partial charge in [-0.05, 0) is 32.3 Å². The van der Waals surface area contributed by atoms with Crippen molar-refractivity contribution in [1.82, 2.24) is 14.5 Å². The largest absolute Gasteiger partial charge is 0.340 e. The van der Waals surface area contributed by atoms with E-state index in [1.807, 2.05) is 44.1 Å². The molecule has 0 N–H and O–H groups in total. The molecule has 0 aliphatic carbocycles. The Hall–Kier alpha value is -1.69. The summed E-state index contributed by atoms with van der Waals surface area (Å²) in [6.45, 7) is 15.4. The van der Waals surface area contributed by atoms with E-state index < -0.39 is 5.41 Å². The molecule has 1 amide bonds. The molecule has 0 spiro atoms. The number of likely N-dealkylation sites (tertiary alicyclic amines) is 1. The highest BCUT2D eigenvalue weighted by atomic mass is 32.1. The van der Waals surface area contributed by atoms with E-state index in [0.29, 0.717) is 6.54 Å². The van der Waals surface area contributed by atoms with Gasteiger partial charge in [-0.1, -0.05) is 34.6 Å². The van der Waals surface area contributed by atoms with Gasteiger partial charge < -0.3 is 4.90 Å². The first-order valence-electron chi connectivity index (χ1n) is 9.84. The van der Waals surface area contributed by atoms with Gasteiger partial charge in [0.15, 0.2) is 0 Å². The lowest BCUT2D eigenvalue weighted by Crippen LogP contribution is -2.47. The number of thiophene rings is 1. The van der Waals surface area contributed by atoms with E-state index in [1.165, 1.54) is 0 Å². The monoisotopic (exact) mass is 389 g/mol. The second-order valence-electron chi connectivity index (χ2n) is 9.06. The van der Waals surface area contributed by atoms with Crippen molar-refractivity contribution in [3.63, 3.8) is 0 Å². The maximum Gasteiger partial charge on any atom is 0.262 e. The molecule has 148 valence electrons. The van der Waals surface area contributed by atoms with E-state index in [2.05, 4.69) is 13.8 Å². The summed E-state index contributed by atoms with van der Waals surface area (Å²) >= 11 is 1.60. The van der Waals surface area contributed by atoms with Gasteiger partial charge in [-0.15, -0.1) is 11.3 Å². The lowest BCUT2D eigenvalue weighted by Gasteiger charge is -2.37. The van der Waals surface area contributed by atoms with Crippen LogP contribution in [-0.2, 0) is 4.79 Å². The zero-order valence-electron chi connectivity index (χ0n) is 17.5. The molecule has 5 nitrogen and oxygen atoms in total. The van der Waals surface area contributed by atoms with Crippen molar-refractivity contribution in [1.29, 1.82) is 0 Å². The average Bonchev–Trinajstić information content (AvgIpc) is 2.87. The Morgan fingerprint density at radius 2 is 1.93 bits per heavy atom. The fourth-order valence-corrected chi connectivity index (χ4v) is 4.93. The number of carbonyl (C=O) groups excluding carboxylic acids is 1. The van der Waals surface area contributed by atoms with E-state index in [1.54, 1.807) is 11.3 Å². The summed E-state index contributed by atoms with van der Waals surface area (Å²) < 4.78 is 1.90. The van der Waals surface area contributed by atoms with Crippen molar-refractivity contribution < 1.29 is 4.79 Å². The summed E-state index contributed by atoms with van der Waals surface area (Å²) in [7, 11) is 0. The highest BCUT2D eigenvalue weighted by Gasteiger charge is 2.33. The first-order chi connectivity index (χ1) is 12.5. The summed E-state index contributed by atoms with van der Waals surface area (Å²) in [4.78, 5) is 35.1. The minimum Gasteiger partial charge on any atom is -0.340 e. The Kier molecular flexibility index (Phi) is 5.23. The normalized spacial score (nSPS) is 18.5. The molecular weight excluding hydrogens is 358 g/mol. The average molecular weight is 390 g/mol. The number of amides is 1. The molecule has 2 aromatic rings. The third-order valence-corrected chi connectivity index (χ3v) is 6.57. The molecule has 6 heteroatoms. The van der Waals surface area contributed by atoms with Crippen molar-refractivity contribution >= 4 is 27.5 Å². The van der Waals surface area contributed by atoms with Gasteiger partial charge in [0, 0.05) is 29.3 Å². The number of piperidine rings is 1. The predicted octanol–water partition coefficient (Wildman–Crippen LogP) is 4.41. The van der Waals surface area contributed by atoms with Crippen LogP contribution in [0.4, 0.5) is 0 Å². The van der Waals surface area contributed by atoms with Crippen LogP contribution in [0.1, 0.15) is 75.7 Å². The summed E-state index contributed by atoms with van der Waals surface area (Å²) in [5, 5.41) is 0.751. The van der Waals surface area contributed by atoms with Gasteiger partial charge in [0.25, 0.3) is 5.56 Å². The molecule has 1 atom stereocenters. The molecule has 1 aliphatic rings. The third kappa shape index (κ3) is 3.56. The molecule has 0 radical (unpaired) electrons. The van der Waals surface area contributed by atoms with Crippen LogP contribution in [-0.4, -0.2) is 33.4 Å². The fraction of sp³-hybridized carbons (Fsp3) is 0.667. The maximum atomic E-state index is 13.5. The van der Waals surface area contributed by atoms with Crippen LogP contribution in [0.15, 0.2) is 4.79 Å². The molecule has 0 bridgehead atoms. The van der Waals surface area contributed by atoms with Crippen LogP contribution in [0.25, 0.3) is 10.2 Å². The SMILES string of the molecule is Cc1sc2nc(C(C)C)n(C3CCCN(C(=O)C(C)(C)C)C3)c(=O)c2c1C. The lowest BCUT2D eigenvalue weighted by molar-refractivity contribution is -0.141. The summed E-state index contributed by atoms with van der Waals surface area (Å²) in [6, 6.07) is -0.00791. The van der Waals surface area contributed by atoms with Crippen LogP contribution in [0.5, 0.6) is 0 Å². The molecular formula is C21H31N3O2S. The number of carbonyl (C=O) groups is 1. The van der Waals surface area contributed by atoms with E-state index >= 15 is 0 Å². The molecule has 3 heterocycles. The first-order valence-corrected chi connectivity index (χ1v) is 10.7. The lowest BCUT2D eigenvalue weighted by atomic mass is 9.92. The van der Waals surface area contributed by atoms with Crippen LogP contribution in [0, 0.1) is 19.3 Å². The minimum absolute atomic E-state index is 0.00791. The number of rotatable bonds is 2. The van der Waals surface area contributed by atoms with E-state index in [9.17, 15) is 9.59 Å². The van der Waals surface area contributed by atoms with Crippen LogP contribution < -0.4 is 5.56 Å². The Balaban J connectivity index is 2.11. The van der Waals surface area contributed by atoms with Crippen LogP contribution in [0.3, 0.4) is 0 Å². The Morgan fingerprint density at radius 3 is 2.52 bits per heavy atom. The van der Waals surface area contributed by atoms with E-state index in [0.717, 1.165) is 45.9 Å². The Morgan fingerprint density at radius 1 is 1.26 bits per heavy atom. The standard InChI is InChI=1S/C21H31N3O2S/c1-12(2)17-22-18-16(13(3)14(4)27-18)19(25)24(17)15-9-8-10-23(11-15)20(26)21(5,6)7/h12,15H,8-11H2,1-7H3. The van der Waals surface area contributed by atoms with E-state index in [4.69, 9.17) is 4.98 Å². The molecule has 27 heavy (non-hydrogen) atoms. The highest BCUT2D eigenvalue weighted by Crippen LogP contribution is 2.31. The quantitative estimate of drug-likeness (QED) is 0.764. The fourth-order valence-electron chi connectivity index (χ4n) is 3.91. The van der Waals surface area contributed by atoms with Crippen molar-refractivity contribution in [2.24, 2.45) is 5.41 Å². The van der Waals surface area contributed by atoms with Gasteiger partial charge >= 0.3 is 0 Å². The smallest absolute Gasteiger partial charge is 0.262 e. The van der Waals surface area contributed by atoms with Crippen LogP contribution in [0.2, 0.25) is 0 Å². The number of aromatic nitrogens is 2. The summed E-state index contributed by atoms with van der Waals surface area (Å²) in [6.07, 6.45) is 1.82. The van der Waals surface area contributed by atoms with Gasteiger partial charge in [0.05, 0.1) is 11.4 Å². The molecule has 1 unspecified atom stereocenters. The summed E-state index contributed by atoms with van der Waals surface area (Å²) in [5.74, 6) is 1.14. The number of nitrogens with zero attached hydrogens (tertiary/aromatic N) is 3. The molecule has 0 aromatic carbocycles. The molecule has 1 fully saturated rings. The zero-order valence-corrected chi connectivity index (χ0v) is 18.4. The van der Waals surface area contributed by atoms with Crippen molar-refractivity contribution in [3.05, 3.63) is 26.6 Å². The Bertz CT molecular complexity index is 934. The van der Waals surface area contributed by atoms with Gasteiger partial charge in [0.1, 0.15) is 10.7 Å². The van der Waals surface area contributed by atoms with Crippen molar-refractivity contribution in [3.8, 4) is 0 Å². The predicted molar refractivity (Wildman–Crippen MR) is 112 cm³/mol. The topological polar surface area (TPSA) is 55.2 Å². The third-order valence-electron chi connectivity index (χ3n) is 5.47.